The van der Waals surface area contributed by atoms with E-state index < -0.39 is 0 Å². The largest absolute Gasteiger partial charge is 0.391 e. The fourth-order valence-electron chi connectivity index (χ4n) is 2.86. The first-order valence-electron chi connectivity index (χ1n) is 6.92. The Morgan fingerprint density at radius 3 is 2.68 bits per heavy atom. The number of nitrogen functional groups attached to an aromatic ring is 1. The average Bonchev–Trinajstić information content (AvgIpc) is 2.93. The molecule has 0 saturated heterocycles. The van der Waals surface area contributed by atoms with Crippen LogP contribution in [-0.4, -0.2) is 14.8 Å². The van der Waals surface area contributed by atoms with Crippen molar-refractivity contribution >= 4 is 16.3 Å². The van der Waals surface area contributed by atoms with Gasteiger partial charge in [0.05, 0.1) is 9.88 Å². The Balaban J connectivity index is 1.95. The van der Waals surface area contributed by atoms with Crippen LogP contribution in [0, 0.1) is 6.92 Å². The van der Waals surface area contributed by atoms with Crippen molar-refractivity contribution in [3.63, 3.8) is 0 Å². The second kappa shape index (κ2) is 4.96. The topological polar surface area (TPSA) is 56.7 Å². The van der Waals surface area contributed by atoms with Crippen molar-refractivity contribution < 1.29 is 0 Å². The number of rotatable bonds is 2. The lowest BCUT2D eigenvalue weighted by atomic mass is 9.89. The summed E-state index contributed by atoms with van der Waals surface area (Å²) in [6, 6.07) is 2.01. The molecular formula is C14H20N4S. The molecule has 0 spiro atoms. The minimum Gasteiger partial charge on any atom is -0.391 e. The molecule has 5 heteroatoms. The van der Waals surface area contributed by atoms with Gasteiger partial charge in [0, 0.05) is 13.0 Å². The molecule has 0 aromatic carbocycles. The molecular weight excluding hydrogens is 256 g/mol. The minimum atomic E-state index is 0.548. The van der Waals surface area contributed by atoms with Crippen LogP contribution in [0.1, 0.15) is 49.4 Å². The lowest BCUT2D eigenvalue weighted by molar-refractivity contribution is 0.427. The van der Waals surface area contributed by atoms with Gasteiger partial charge in [0.25, 0.3) is 0 Å². The first-order valence-corrected chi connectivity index (χ1v) is 7.74. The molecule has 0 aliphatic heterocycles. The molecule has 2 aromatic heterocycles. The van der Waals surface area contributed by atoms with Gasteiger partial charge >= 0.3 is 0 Å². The van der Waals surface area contributed by atoms with E-state index in [0.717, 1.165) is 21.5 Å². The third-order valence-corrected chi connectivity index (χ3v) is 4.95. The van der Waals surface area contributed by atoms with E-state index >= 15 is 0 Å². The molecule has 3 rings (SSSR count). The van der Waals surface area contributed by atoms with Crippen LogP contribution in [0.4, 0.5) is 5.00 Å². The second-order valence-electron chi connectivity index (χ2n) is 5.41. The van der Waals surface area contributed by atoms with Gasteiger partial charge < -0.3 is 5.73 Å². The number of nitrogens with two attached hydrogens (primary N) is 1. The summed E-state index contributed by atoms with van der Waals surface area (Å²) in [7, 11) is 1.98. The van der Waals surface area contributed by atoms with E-state index in [1.54, 1.807) is 11.3 Å². The van der Waals surface area contributed by atoms with E-state index in [-0.39, 0.29) is 0 Å². The average molecular weight is 276 g/mol. The third-order valence-electron chi connectivity index (χ3n) is 3.89. The summed E-state index contributed by atoms with van der Waals surface area (Å²) in [6.45, 7) is 2.08. The van der Waals surface area contributed by atoms with E-state index in [9.17, 15) is 0 Å². The van der Waals surface area contributed by atoms with E-state index in [1.165, 1.54) is 37.7 Å². The summed E-state index contributed by atoms with van der Waals surface area (Å²) >= 11 is 1.60. The van der Waals surface area contributed by atoms with Crippen molar-refractivity contribution in [3.8, 4) is 10.7 Å². The van der Waals surface area contributed by atoms with Crippen molar-refractivity contribution in [2.75, 3.05) is 5.73 Å². The molecule has 1 saturated carbocycles. The first-order chi connectivity index (χ1) is 9.15. The van der Waals surface area contributed by atoms with Gasteiger partial charge in [-0.1, -0.05) is 19.3 Å². The van der Waals surface area contributed by atoms with Crippen LogP contribution in [0.15, 0.2) is 6.07 Å². The molecule has 0 bridgehead atoms. The highest BCUT2D eigenvalue weighted by Crippen LogP contribution is 2.35. The summed E-state index contributed by atoms with van der Waals surface area (Å²) in [4.78, 5) is 5.93. The molecule has 1 fully saturated rings. The molecule has 4 nitrogen and oxygen atoms in total. The van der Waals surface area contributed by atoms with E-state index in [1.807, 2.05) is 17.8 Å². The Morgan fingerprint density at radius 2 is 2.05 bits per heavy atom. The smallest absolute Gasteiger partial charge is 0.168 e. The predicted molar refractivity (Wildman–Crippen MR) is 79.3 cm³/mol. The van der Waals surface area contributed by atoms with Crippen LogP contribution in [0.3, 0.4) is 0 Å². The Bertz CT molecular complexity index is 578. The maximum absolute atomic E-state index is 5.88. The molecule has 2 aromatic rings. The highest BCUT2D eigenvalue weighted by molar-refractivity contribution is 7.19. The summed E-state index contributed by atoms with van der Waals surface area (Å²) in [5.41, 5.74) is 7.07. The fraction of sp³-hybridized carbons (Fsp3) is 0.571. The summed E-state index contributed by atoms with van der Waals surface area (Å²) < 4.78 is 1.90. The van der Waals surface area contributed by atoms with Crippen LogP contribution in [0.25, 0.3) is 10.7 Å². The molecule has 0 atom stereocenters. The highest BCUT2D eigenvalue weighted by atomic mass is 32.1. The molecule has 19 heavy (non-hydrogen) atoms. The second-order valence-corrected chi connectivity index (χ2v) is 6.50. The SMILES string of the molecule is Cc1cc(N)sc1-c1nc(C2CCCCC2)nn1C. The maximum Gasteiger partial charge on any atom is 0.168 e. The van der Waals surface area contributed by atoms with Gasteiger partial charge in [-0.2, -0.15) is 5.10 Å². The number of nitrogens with zero attached hydrogens (tertiary/aromatic N) is 3. The van der Waals surface area contributed by atoms with Crippen LogP contribution >= 0.6 is 11.3 Å². The molecule has 2 heterocycles. The van der Waals surface area contributed by atoms with Gasteiger partial charge in [-0.3, -0.25) is 0 Å². The zero-order chi connectivity index (χ0) is 13.4. The maximum atomic E-state index is 5.88. The third kappa shape index (κ3) is 2.39. The van der Waals surface area contributed by atoms with E-state index in [0.29, 0.717) is 5.92 Å². The molecule has 102 valence electrons. The molecule has 0 radical (unpaired) electrons. The zero-order valence-electron chi connectivity index (χ0n) is 11.5. The lowest BCUT2D eigenvalue weighted by Crippen LogP contribution is -2.06. The van der Waals surface area contributed by atoms with Gasteiger partial charge in [0.1, 0.15) is 0 Å². The predicted octanol–water partition coefficient (Wildman–Crippen LogP) is 3.48. The Labute approximate surface area is 117 Å². The van der Waals surface area contributed by atoms with Gasteiger partial charge in [-0.25, -0.2) is 9.67 Å². The van der Waals surface area contributed by atoms with Crippen LogP contribution in [0.2, 0.25) is 0 Å². The quantitative estimate of drug-likeness (QED) is 0.913. The van der Waals surface area contributed by atoms with Crippen LogP contribution < -0.4 is 5.73 Å². The lowest BCUT2D eigenvalue weighted by Gasteiger charge is -2.18. The van der Waals surface area contributed by atoms with Gasteiger partial charge in [0.15, 0.2) is 11.6 Å². The van der Waals surface area contributed by atoms with E-state index in [4.69, 9.17) is 10.7 Å². The number of hydrogen-bond donors (Lipinski definition) is 1. The Hall–Kier alpha value is -1.36. The van der Waals surface area contributed by atoms with Gasteiger partial charge in [0.2, 0.25) is 0 Å². The number of aryl methyl sites for hydroxylation is 2. The van der Waals surface area contributed by atoms with Crippen molar-refractivity contribution in [3.05, 3.63) is 17.5 Å². The number of aromatic nitrogens is 3. The van der Waals surface area contributed by atoms with Crippen molar-refractivity contribution in [2.24, 2.45) is 7.05 Å². The monoisotopic (exact) mass is 276 g/mol. The minimum absolute atomic E-state index is 0.548. The molecule has 2 N–H and O–H groups in total. The van der Waals surface area contributed by atoms with Gasteiger partial charge in [-0.15, -0.1) is 11.3 Å². The molecule has 1 aliphatic rings. The summed E-state index contributed by atoms with van der Waals surface area (Å²) in [6.07, 6.45) is 6.44. The number of anilines is 1. The number of hydrogen-bond acceptors (Lipinski definition) is 4. The molecule has 0 unspecified atom stereocenters. The number of thiophene rings is 1. The van der Waals surface area contributed by atoms with Crippen molar-refractivity contribution in [2.45, 2.75) is 44.9 Å². The summed E-state index contributed by atoms with van der Waals surface area (Å²) in [5, 5.41) is 5.47. The van der Waals surface area contributed by atoms with Crippen LogP contribution in [0.5, 0.6) is 0 Å². The van der Waals surface area contributed by atoms with Crippen molar-refractivity contribution in [1.82, 2.24) is 14.8 Å². The standard InChI is InChI=1S/C14H20N4S/c1-9-8-11(15)19-12(9)14-16-13(17-18(14)2)10-6-4-3-5-7-10/h8,10H,3-7,15H2,1-2H3. The van der Waals surface area contributed by atoms with Crippen LogP contribution in [-0.2, 0) is 7.05 Å². The summed E-state index contributed by atoms with van der Waals surface area (Å²) in [5.74, 6) is 2.52. The van der Waals surface area contributed by atoms with Gasteiger partial charge in [-0.05, 0) is 31.4 Å². The zero-order valence-corrected chi connectivity index (χ0v) is 12.3. The Kier molecular flexibility index (Phi) is 3.31. The highest BCUT2D eigenvalue weighted by Gasteiger charge is 2.22. The first kappa shape index (κ1) is 12.7. The van der Waals surface area contributed by atoms with Crippen molar-refractivity contribution in [1.29, 1.82) is 0 Å². The Morgan fingerprint density at radius 1 is 1.32 bits per heavy atom. The fourth-order valence-corrected chi connectivity index (χ4v) is 3.82. The molecule has 0 amide bonds. The molecule has 1 aliphatic carbocycles. The normalized spacial score (nSPS) is 16.9. The van der Waals surface area contributed by atoms with E-state index in [2.05, 4.69) is 12.0 Å².